The maximum absolute atomic E-state index is 5.15. The molecule has 5 nitrogen and oxygen atoms in total. The first-order valence-corrected chi connectivity index (χ1v) is 3.78. The summed E-state index contributed by atoms with van der Waals surface area (Å²) in [4.78, 5) is 7.95. The Hall–Kier alpha value is -1.36. The number of nitrogens with one attached hydrogen (secondary N) is 2. The molecule has 0 amide bonds. The number of aromatic nitrogens is 2. The molecular weight excluding hydrogens is 154 g/mol. The second-order valence-electron chi connectivity index (χ2n) is 2.71. The van der Waals surface area contributed by atoms with Crippen LogP contribution in [0.1, 0.15) is 13.8 Å². The van der Waals surface area contributed by atoms with Crippen molar-refractivity contribution in [2.24, 2.45) is 5.84 Å². The summed E-state index contributed by atoms with van der Waals surface area (Å²) in [6, 6.07) is 2.14. The minimum atomic E-state index is 0.352. The number of nitrogen functional groups attached to an aromatic ring is 1. The molecule has 4 N–H and O–H groups in total. The maximum atomic E-state index is 5.15. The fourth-order valence-corrected chi connectivity index (χ4v) is 0.804. The summed E-state index contributed by atoms with van der Waals surface area (Å²) in [7, 11) is 0. The summed E-state index contributed by atoms with van der Waals surface area (Å²) in [6.07, 6.45) is 1.65. The summed E-state index contributed by atoms with van der Waals surface area (Å²) in [5.41, 5.74) is 2.38. The first-order valence-electron chi connectivity index (χ1n) is 3.78. The lowest BCUT2D eigenvalue weighted by Gasteiger charge is -2.08. The number of hydrogen-bond acceptors (Lipinski definition) is 5. The highest BCUT2D eigenvalue weighted by Gasteiger charge is 1.97. The van der Waals surface area contributed by atoms with E-state index < -0.39 is 0 Å². The van der Waals surface area contributed by atoms with E-state index in [2.05, 4.69) is 20.7 Å². The molecule has 1 aromatic heterocycles. The van der Waals surface area contributed by atoms with Gasteiger partial charge in [-0.25, -0.2) is 10.8 Å². The van der Waals surface area contributed by atoms with Crippen molar-refractivity contribution >= 4 is 11.8 Å². The zero-order valence-electron chi connectivity index (χ0n) is 7.20. The molecule has 0 aliphatic carbocycles. The Morgan fingerprint density at radius 1 is 1.50 bits per heavy atom. The van der Waals surface area contributed by atoms with Crippen LogP contribution >= 0.6 is 0 Å². The van der Waals surface area contributed by atoms with Crippen molar-refractivity contribution < 1.29 is 0 Å². The molecule has 0 saturated heterocycles. The lowest BCUT2D eigenvalue weighted by molar-refractivity contribution is 0.886. The van der Waals surface area contributed by atoms with Gasteiger partial charge in [0.15, 0.2) is 0 Å². The standard InChI is InChI=1S/C7H13N5/c1-5(2)10-6-3-4-9-7(11-6)12-8/h3-5H,8H2,1-2H3,(H2,9,10,11,12). The fourth-order valence-electron chi connectivity index (χ4n) is 0.804. The second-order valence-corrected chi connectivity index (χ2v) is 2.71. The monoisotopic (exact) mass is 167 g/mol. The second kappa shape index (κ2) is 3.87. The van der Waals surface area contributed by atoms with Crippen LogP contribution in [0.5, 0.6) is 0 Å². The van der Waals surface area contributed by atoms with Gasteiger partial charge in [-0.05, 0) is 19.9 Å². The van der Waals surface area contributed by atoms with Crippen LogP contribution in [0.4, 0.5) is 11.8 Å². The van der Waals surface area contributed by atoms with Gasteiger partial charge in [-0.15, -0.1) is 0 Å². The van der Waals surface area contributed by atoms with Crippen LogP contribution in [-0.4, -0.2) is 16.0 Å². The normalized spacial score (nSPS) is 10.0. The smallest absolute Gasteiger partial charge is 0.239 e. The SMILES string of the molecule is CC(C)Nc1ccnc(NN)n1. The van der Waals surface area contributed by atoms with Crippen LogP contribution in [0.25, 0.3) is 0 Å². The third-order valence-electron chi connectivity index (χ3n) is 1.22. The van der Waals surface area contributed by atoms with Crippen molar-refractivity contribution in [3.05, 3.63) is 12.3 Å². The van der Waals surface area contributed by atoms with E-state index in [1.54, 1.807) is 12.3 Å². The third kappa shape index (κ3) is 2.35. The number of hydrazine groups is 1. The van der Waals surface area contributed by atoms with Gasteiger partial charge in [0, 0.05) is 12.2 Å². The quantitative estimate of drug-likeness (QED) is 0.453. The lowest BCUT2D eigenvalue weighted by atomic mass is 10.4. The topological polar surface area (TPSA) is 75.9 Å². The van der Waals surface area contributed by atoms with E-state index in [0.29, 0.717) is 12.0 Å². The molecule has 66 valence electrons. The van der Waals surface area contributed by atoms with Gasteiger partial charge >= 0.3 is 0 Å². The Kier molecular flexibility index (Phi) is 2.82. The molecule has 1 rings (SSSR count). The van der Waals surface area contributed by atoms with E-state index >= 15 is 0 Å². The molecule has 0 atom stereocenters. The highest BCUT2D eigenvalue weighted by atomic mass is 15.3. The van der Waals surface area contributed by atoms with Gasteiger partial charge in [0.1, 0.15) is 5.82 Å². The third-order valence-corrected chi connectivity index (χ3v) is 1.22. The summed E-state index contributed by atoms with van der Waals surface area (Å²) >= 11 is 0. The van der Waals surface area contributed by atoms with Gasteiger partial charge in [0.25, 0.3) is 0 Å². The molecule has 5 heteroatoms. The summed E-state index contributed by atoms with van der Waals surface area (Å²) in [6.45, 7) is 4.08. The molecule has 0 saturated carbocycles. The molecule has 0 aliphatic heterocycles. The van der Waals surface area contributed by atoms with Gasteiger partial charge in [0.2, 0.25) is 5.95 Å². The molecule has 12 heavy (non-hydrogen) atoms. The van der Waals surface area contributed by atoms with Crippen molar-refractivity contribution in [2.45, 2.75) is 19.9 Å². The Bertz CT molecular complexity index is 247. The van der Waals surface area contributed by atoms with Crippen molar-refractivity contribution in [1.82, 2.24) is 9.97 Å². The zero-order valence-corrected chi connectivity index (χ0v) is 7.20. The van der Waals surface area contributed by atoms with Crippen molar-refractivity contribution in [3.63, 3.8) is 0 Å². The number of anilines is 2. The first kappa shape index (κ1) is 8.73. The fraction of sp³-hybridized carbons (Fsp3) is 0.429. The van der Waals surface area contributed by atoms with Crippen LogP contribution in [0.15, 0.2) is 12.3 Å². The molecule has 0 radical (unpaired) electrons. The van der Waals surface area contributed by atoms with Crippen LogP contribution in [0, 0.1) is 0 Å². The van der Waals surface area contributed by atoms with E-state index in [-0.39, 0.29) is 0 Å². The maximum Gasteiger partial charge on any atom is 0.239 e. The Balaban J connectivity index is 2.72. The molecular formula is C7H13N5. The van der Waals surface area contributed by atoms with Gasteiger partial charge in [-0.1, -0.05) is 0 Å². The highest BCUT2D eigenvalue weighted by molar-refractivity contribution is 5.39. The minimum absolute atomic E-state index is 0.352. The number of hydrogen-bond donors (Lipinski definition) is 3. The van der Waals surface area contributed by atoms with Crippen molar-refractivity contribution in [2.75, 3.05) is 10.7 Å². The Morgan fingerprint density at radius 3 is 2.83 bits per heavy atom. The molecule has 1 aromatic rings. The van der Waals surface area contributed by atoms with Gasteiger partial charge in [-0.2, -0.15) is 4.98 Å². The predicted octanol–water partition coefficient (Wildman–Crippen LogP) is 0.582. The van der Waals surface area contributed by atoms with E-state index in [4.69, 9.17) is 5.84 Å². The molecule has 1 heterocycles. The summed E-state index contributed by atoms with van der Waals surface area (Å²) in [5, 5.41) is 3.13. The average Bonchev–Trinajstić information content (AvgIpc) is 2.03. The van der Waals surface area contributed by atoms with Crippen LogP contribution in [0.3, 0.4) is 0 Å². The Morgan fingerprint density at radius 2 is 2.25 bits per heavy atom. The molecule has 0 bridgehead atoms. The molecule has 0 spiro atoms. The summed E-state index contributed by atoms with van der Waals surface area (Å²) < 4.78 is 0. The largest absolute Gasteiger partial charge is 0.368 e. The average molecular weight is 167 g/mol. The van der Waals surface area contributed by atoms with Gasteiger partial charge in [0.05, 0.1) is 0 Å². The zero-order chi connectivity index (χ0) is 8.97. The first-order chi connectivity index (χ1) is 5.72. The van der Waals surface area contributed by atoms with Gasteiger partial charge < -0.3 is 5.32 Å². The Labute approximate surface area is 71.4 Å². The number of nitrogens with zero attached hydrogens (tertiary/aromatic N) is 2. The highest BCUT2D eigenvalue weighted by Crippen LogP contribution is 2.05. The molecule has 0 aliphatic rings. The van der Waals surface area contributed by atoms with E-state index in [1.807, 2.05) is 13.8 Å². The lowest BCUT2D eigenvalue weighted by Crippen LogP contribution is -2.14. The van der Waals surface area contributed by atoms with E-state index in [0.717, 1.165) is 5.82 Å². The minimum Gasteiger partial charge on any atom is -0.368 e. The van der Waals surface area contributed by atoms with E-state index in [1.165, 1.54) is 0 Å². The number of nitrogens with two attached hydrogens (primary N) is 1. The molecule has 0 aromatic carbocycles. The predicted molar refractivity (Wildman–Crippen MR) is 48.6 cm³/mol. The van der Waals surface area contributed by atoms with Crippen molar-refractivity contribution in [3.8, 4) is 0 Å². The van der Waals surface area contributed by atoms with E-state index in [9.17, 15) is 0 Å². The molecule has 0 fully saturated rings. The van der Waals surface area contributed by atoms with Crippen molar-refractivity contribution in [1.29, 1.82) is 0 Å². The van der Waals surface area contributed by atoms with Crippen LogP contribution in [-0.2, 0) is 0 Å². The summed E-state index contributed by atoms with van der Waals surface area (Å²) in [5.74, 6) is 6.34. The number of rotatable bonds is 3. The van der Waals surface area contributed by atoms with Gasteiger partial charge in [-0.3, -0.25) is 5.43 Å². The van der Waals surface area contributed by atoms with Crippen LogP contribution < -0.4 is 16.6 Å². The van der Waals surface area contributed by atoms with Crippen LogP contribution in [0.2, 0.25) is 0 Å². The molecule has 0 unspecified atom stereocenters.